The van der Waals surface area contributed by atoms with Crippen molar-refractivity contribution in [1.29, 1.82) is 0 Å². The van der Waals surface area contributed by atoms with E-state index in [4.69, 9.17) is 0 Å². The summed E-state index contributed by atoms with van der Waals surface area (Å²) >= 11 is 3.47. The van der Waals surface area contributed by atoms with Crippen molar-refractivity contribution in [2.24, 2.45) is 0 Å². The molecule has 0 aliphatic heterocycles. The Morgan fingerprint density at radius 2 is 1.43 bits per heavy atom. The molecule has 0 aromatic heterocycles. The number of hydrogen-bond acceptors (Lipinski definition) is 2. The van der Waals surface area contributed by atoms with E-state index in [1.807, 2.05) is 61.5 Å². The zero-order valence-corrected chi connectivity index (χ0v) is 19.6. The van der Waals surface area contributed by atoms with Crippen molar-refractivity contribution in [3.05, 3.63) is 94.5 Å². The Bertz CT molecular complexity index is 1030. The molecule has 1 N–H and O–H groups in total. The molecule has 0 bridgehead atoms. The van der Waals surface area contributed by atoms with Crippen LogP contribution in [0.4, 0.5) is 0 Å². The molecule has 0 spiro atoms. The highest BCUT2D eigenvalue weighted by Gasteiger charge is 2.37. The first-order valence-electron chi connectivity index (χ1n) is 9.10. The maximum atomic E-state index is 13.2. The normalized spacial score (nSPS) is 13.3. The predicted molar refractivity (Wildman–Crippen MR) is 122 cm³/mol. The Labute approximate surface area is 177 Å². The minimum absolute atomic E-state index is 0.290. The number of aryl methyl sites for hydroxylation is 1. The third kappa shape index (κ3) is 4.63. The lowest BCUT2D eigenvalue weighted by atomic mass is 10.2. The fourth-order valence-corrected chi connectivity index (χ4v) is 8.66. The topological polar surface area (TPSA) is 46.2 Å². The summed E-state index contributed by atoms with van der Waals surface area (Å²) in [7, 11) is -5.88. The lowest BCUT2D eigenvalue weighted by Crippen LogP contribution is -2.54. The van der Waals surface area contributed by atoms with E-state index in [9.17, 15) is 8.42 Å². The zero-order valence-electron chi connectivity index (χ0n) is 16.2. The Hall–Kier alpha value is -1.73. The Morgan fingerprint density at radius 3 is 2.00 bits per heavy atom. The molecule has 0 heterocycles. The first kappa shape index (κ1) is 21.0. The summed E-state index contributed by atoms with van der Waals surface area (Å²) in [5.74, 6) is 0. The molecule has 0 amide bonds. The van der Waals surface area contributed by atoms with Crippen LogP contribution >= 0.6 is 15.9 Å². The van der Waals surface area contributed by atoms with E-state index in [0.29, 0.717) is 0 Å². The second-order valence-electron chi connectivity index (χ2n) is 7.51. The Morgan fingerprint density at radius 1 is 0.857 bits per heavy atom. The average Bonchev–Trinajstić information content (AvgIpc) is 2.68. The second-order valence-corrected chi connectivity index (χ2v) is 14.7. The summed E-state index contributed by atoms with van der Waals surface area (Å²) in [5.41, 5.74) is 1.70. The van der Waals surface area contributed by atoms with Crippen molar-refractivity contribution in [2.45, 2.75) is 30.6 Å². The second kappa shape index (κ2) is 8.33. The SMILES string of the molecule is Cc1ccc(S(=O)(=O)N[C@@H](c2ccc(Br)cc2)[Si](C)(C)c2ccccc2)cc1. The molecule has 0 saturated heterocycles. The van der Waals surface area contributed by atoms with Crippen molar-refractivity contribution >= 4 is 39.2 Å². The molecule has 146 valence electrons. The van der Waals surface area contributed by atoms with Gasteiger partial charge in [-0.25, -0.2) is 13.1 Å². The third-order valence-corrected chi connectivity index (χ3v) is 11.0. The standard InChI is InChI=1S/C22H24BrNO2SSi/c1-17-9-15-20(16-10-17)27(25,26)24-22(18-11-13-19(23)14-12-18)28(2,3)21-7-5-4-6-8-21/h4-16,22,24H,1-3H3/t22-/m1/s1. The summed E-state index contributed by atoms with van der Waals surface area (Å²) in [6, 6.07) is 25.1. The van der Waals surface area contributed by atoms with Crippen molar-refractivity contribution in [3.8, 4) is 0 Å². The van der Waals surface area contributed by atoms with Crippen LogP contribution in [0.1, 0.15) is 16.8 Å². The molecule has 3 rings (SSSR count). The first-order valence-corrected chi connectivity index (χ1v) is 14.5. The maximum Gasteiger partial charge on any atom is 0.240 e. The third-order valence-electron chi connectivity index (χ3n) is 5.05. The van der Waals surface area contributed by atoms with E-state index in [1.165, 1.54) is 5.19 Å². The van der Waals surface area contributed by atoms with Gasteiger partial charge >= 0.3 is 0 Å². The van der Waals surface area contributed by atoms with Gasteiger partial charge in [0.15, 0.2) is 0 Å². The van der Waals surface area contributed by atoms with Gasteiger partial charge in [-0.2, -0.15) is 0 Å². The molecule has 3 aromatic rings. The summed E-state index contributed by atoms with van der Waals surface area (Å²) in [6.07, 6.45) is 0. The van der Waals surface area contributed by atoms with Gasteiger partial charge in [-0.05, 0) is 36.8 Å². The zero-order chi connectivity index (χ0) is 20.4. The first-order chi connectivity index (χ1) is 13.2. The van der Waals surface area contributed by atoms with Gasteiger partial charge in [0.25, 0.3) is 0 Å². The highest BCUT2D eigenvalue weighted by atomic mass is 79.9. The molecule has 0 aliphatic rings. The Kier molecular flexibility index (Phi) is 6.24. The lowest BCUT2D eigenvalue weighted by molar-refractivity contribution is 0.577. The summed E-state index contributed by atoms with van der Waals surface area (Å²) < 4.78 is 30.3. The van der Waals surface area contributed by atoms with Crippen LogP contribution in [0.25, 0.3) is 0 Å². The van der Waals surface area contributed by atoms with Gasteiger partial charge in [0.2, 0.25) is 10.0 Å². The van der Waals surface area contributed by atoms with Crippen LogP contribution in [-0.4, -0.2) is 16.5 Å². The van der Waals surface area contributed by atoms with Crippen molar-refractivity contribution in [3.63, 3.8) is 0 Å². The molecule has 6 heteroatoms. The number of hydrogen-bond donors (Lipinski definition) is 1. The van der Waals surface area contributed by atoms with Crippen molar-refractivity contribution in [2.75, 3.05) is 0 Å². The van der Waals surface area contributed by atoms with E-state index in [1.54, 1.807) is 12.1 Å². The van der Waals surface area contributed by atoms with E-state index in [2.05, 4.69) is 45.9 Å². The van der Waals surface area contributed by atoms with Gasteiger partial charge in [0.05, 0.1) is 4.90 Å². The Balaban J connectivity index is 2.06. The van der Waals surface area contributed by atoms with Gasteiger partial charge in [0, 0.05) is 10.1 Å². The molecule has 3 aromatic carbocycles. The van der Waals surface area contributed by atoms with Crippen LogP contribution in [0.2, 0.25) is 13.1 Å². The van der Waals surface area contributed by atoms with E-state index in [-0.39, 0.29) is 10.6 Å². The summed E-state index contributed by atoms with van der Waals surface area (Å²) in [6.45, 7) is 6.35. The molecule has 1 atom stereocenters. The molecule has 0 fully saturated rings. The average molecular weight is 474 g/mol. The molecule has 3 nitrogen and oxygen atoms in total. The predicted octanol–water partition coefficient (Wildman–Crippen LogP) is 4.93. The lowest BCUT2D eigenvalue weighted by Gasteiger charge is -2.34. The number of sulfonamides is 1. The molecular formula is C22H24BrNO2SSi. The molecule has 0 unspecified atom stereocenters. The monoisotopic (exact) mass is 473 g/mol. The van der Waals surface area contributed by atoms with Gasteiger partial charge < -0.3 is 0 Å². The van der Waals surface area contributed by atoms with Crippen LogP contribution < -0.4 is 9.91 Å². The van der Waals surface area contributed by atoms with Gasteiger partial charge in [0.1, 0.15) is 8.07 Å². The minimum Gasteiger partial charge on any atom is -0.207 e. The largest absolute Gasteiger partial charge is 0.240 e. The molecule has 28 heavy (non-hydrogen) atoms. The smallest absolute Gasteiger partial charge is 0.207 e. The van der Waals surface area contributed by atoms with Gasteiger partial charge in [-0.15, -0.1) is 0 Å². The van der Waals surface area contributed by atoms with Crippen molar-refractivity contribution in [1.82, 2.24) is 4.72 Å². The van der Waals surface area contributed by atoms with E-state index >= 15 is 0 Å². The highest BCUT2D eigenvalue weighted by molar-refractivity contribution is 9.10. The van der Waals surface area contributed by atoms with E-state index < -0.39 is 18.1 Å². The molecule has 0 radical (unpaired) electrons. The van der Waals surface area contributed by atoms with Crippen molar-refractivity contribution < 1.29 is 8.42 Å². The molecular weight excluding hydrogens is 450 g/mol. The number of halogens is 1. The summed E-state index contributed by atoms with van der Waals surface area (Å²) in [4.78, 5) is 0.290. The van der Waals surface area contributed by atoms with Crippen LogP contribution in [0.15, 0.2) is 88.2 Å². The van der Waals surface area contributed by atoms with Crippen LogP contribution in [0.3, 0.4) is 0 Å². The van der Waals surface area contributed by atoms with Gasteiger partial charge in [-0.3, -0.25) is 0 Å². The van der Waals surface area contributed by atoms with Crippen LogP contribution in [0, 0.1) is 6.92 Å². The highest BCUT2D eigenvalue weighted by Crippen LogP contribution is 2.28. The maximum absolute atomic E-state index is 13.2. The number of benzene rings is 3. The number of nitrogens with one attached hydrogen (secondary N) is 1. The fourth-order valence-electron chi connectivity index (χ4n) is 3.26. The fraction of sp³-hybridized carbons (Fsp3) is 0.182. The summed E-state index contributed by atoms with van der Waals surface area (Å²) in [5, 5.41) is 1.20. The molecule has 0 aliphatic carbocycles. The quantitative estimate of drug-likeness (QED) is 0.515. The van der Waals surface area contributed by atoms with E-state index in [0.717, 1.165) is 15.6 Å². The van der Waals surface area contributed by atoms with Crippen LogP contribution in [0.5, 0.6) is 0 Å². The number of rotatable bonds is 6. The van der Waals surface area contributed by atoms with Crippen LogP contribution in [-0.2, 0) is 10.0 Å². The van der Waals surface area contributed by atoms with Gasteiger partial charge in [-0.1, -0.05) is 94.4 Å². The molecule has 0 saturated carbocycles. The minimum atomic E-state index is -3.65.